The summed E-state index contributed by atoms with van der Waals surface area (Å²) < 4.78 is 5.42. The third-order valence-electron chi connectivity index (χ3n) is 11.6. The second-order valence-corrected chi connectivity index (χ2v) is 15.1. The van der Waals surface area contributed by atoms with Gasteiger partial charge < -0.3 is 4.74 Å². The highest BCUT2D eigenvalue weighted by Crippen LogP contribution is 2.67. The third kappa shape index (κ3) is 4.80. The fourth-order valence-electron chi connectivity index (χ4n) is 8.55. The molecule has 0 bridgehead atoms. The second kappa shape index (κ2) is 9.49. The number of ether oxygens (including phenoxy) is 1. The minimum Gasteiger partial charge on any atom is -0.469 e. The summed E-state index contributed by atoms with van der Waals surface area (Å²) in [7, 11) is 1.53. The smallest absolute Gasteiger partial charge is 0.312 e. The average Bonchev–Trinajstić information content (AvgIpc) is 2.78. The standard InChI is InChI=1S/C33H52O4/c1-22-21-28(3,4)16-18-33(22,27(36)37-11)19-17-29(5,6)32(10)15-12-24-30(7,8)26(35)13-14-31(24,9)25(32)20-23(2)34/h13-14,20,22,24H,12,15-19,21H2,1-11H3/b25-20-/t22?,24-,31-,32+,33-/m0/s1. The maximum absolute atomic E-state index is 13.3. The van der Waals surface area contributed by atoms with Gasteiger partial charge in [-0.15, -0.1) is 0 Å². The number of carbonyl (C=O) groups is 3. The molecule has 4 nitrogen and oxygen atoms in total. The van der Waals surface area contributed by atoms with E-state index in [2.05, 4.69) is 68.4 Å². The van der Waals surface area contributed by atoms with Gasteiger partial charge in [0, 0.05) is 10.8 Å². The van der Waals surface area contributed by atoms with Crippen molar-refractivity contribution in [3.63, 3.8) is 0 Å². The van der Waals surface area contributed by atoms with E-state index >= 15 is 0 Å². The number of carbonyl (C=O) groups excluding carboxylic acids is 3. The fraction of sp³-hybridized carbons (Fsp3) is 0.788. The molecule has 0 aliphatic heterocycles. The van der Waals surface area contributed by atoms with Crippen LogP contribution in [0.1, 0.15) is 114 Å². The van der Waals surface area contributed by atoms with Gasteiger partial charge >= 0.3 is 5.97 Å². The van der Waals surface area contributed by atoms with E-state index in [4.69, 9.17) is 4.74 Å². The van der Waals surface area contributed by atoms with Crippen molar-refractivity contribution in [1.29, 1.82) is 0 Å². The van der Waals surface area contributed by atoms with Gasteiger partial charge in [-0.25, -0.2) is 0 Å². The molecule has 3 aliphatic rings. The molecule has 1 unspecified atom stereocenters. The maximum atomic E-state index is 13.3. The lowest BCUT2D eigenvalue weighted by Crippen LogP contribution is -2.55. The molecular formula is C33H52O4. The van der Waals surface area contributed by atoms with E-state index < -0.39 is 10.8 Å². The lowest BCUT2D eigenvalue weighted by molar-refractivity contribution is -0.162. The van der Waals surface area contributed by atoms with E-state index in [1.807, 2.05) is 6.08 Å². The Labute approximate surface area is 226 Å². The quantitative estimate of drug-likeness (QED) is 0.268. The van der Waals surface area contributed by atoms with Gasteiger partial charge in [0.25, 0.3) is 0 Å². The molecule has 208 valence electrons. The van der Waals surface area contributed by atoms with Crippen molar-refractivity contribution < 1.29 is 19.1 Å². The van der Waals surface area contributed by atoms with Crippen LogP contribution in [0.15, 0.2) is 23.8 Å². The van der Waals surface area contributed by atoms with E-state index in [0.717, 1.165) is 50.5 Å². The van der Waals surface area contributed by atoms with Crippen LogP contribution >= 0.6 is 0 Å². The van der Waals surface area contributed by atoms with Crippen LogP contribution in [0.5, 0.6) is 0 Å². The molecule has 0 spiro atoms. The van der Waals surface area contributed by atoms with Gasteiger partial charge in [0.05, 0.1) is 12.5 Å². The van der Waals surface area contributed by atoms with E-state index in [1.54, 1.807) is 13.0 Å². The number of esters is 1. The summed E-state index contributed by atoms with van der Waals surface area (Å²) in [6.07, 6.45) is 12.1. The highest BCUT2D eigenvalue weighted by atomic mass is 16.5. The predicted molar refractivity (Wildman–Crippen MR) is 150 cm³/mol. The molecule has 0 aromatic carbocycles. The molecule has 5 atom stereocenters. The number of allylic oxidation sites excluding steroid dienone is 4. The third-order valence-corrected chi connectivity index (χ3v) is 11.6. The first kappa shape index (κ1) is 29.8. The molecule has 37 heavy (non-hydrogen) atoms. The highest BCUT2D eigenvalue weighted by Gasteiger charge is 2.60. The molecule has 3 aliphatic carbocycles. The van der Waals surface area contributed by atoms with Gasteiger partial charge in [-0.05, 0) is 92.1 Å². The van der Waals surface area contributed by atoms with Crippen LogP contribution < -0.4 is 0 Å². The van der Waals surface area contributed by atoms with Crippen molar-refractivity contribution >= 4 is 17.5 Å². The number of hydrogen-bond acceptors (Lipinski definition) is 4. The zero-order valence-electron chi connectivity index (χ0n) is 25.5. The Kier molecular flexibility index (Phi) is 7.65. The molecule has 3 rings (SSSR count). The number of fused-ring (bicyclic) bond motifs is 1. The summed E-state index contributed by atoms with van der Waals surface area (Å²) in [5, 5.41) is 0. The van der Waals surface area contributed by atoms with Crippen molar-refractivity contribution in [2.24, 2.45) is 44.3 Å². The van der Waals surface area contributed by atoms with Crippen LogP contribution in [-0.2, 0) is 19.1 Å². The van der Waals surface area contributed by atoms with Crippen LogP contribution in [0.2, 0.25) is 0 Å². The van der Waals surface area contributed by atoms with Gasteiger partial charge in [-0.2, -0.15) is 0 Å². The first-order chi connectivity index (χ1) is 16.8. The number of hydrogen-bond donors (Lipinski definition) is 0. The molecule has 2 saturated carbocycles. The fourth-order valence-corrected chi connectivity index (χ4v) is 8.55. The summed E-state index contributed by atoms with van der Waals surface area (Å²) >= 11 is 0. The average molecular weight is 513 g/mol. The zero-order chi connectivity index (χ0) is 28.2. The molecule has 0 saturated heterocycles. The van der Waals surface area contributed by atoms with Gasteiger partial charge in [0.1, 0.15) is 0 Å². The van der Waals surface area contributed by atoms with Crippen LogP contribution in [0.4, 0.5) is 0 Å². The van der Waals surface area contributed by atoms with E-state index in [-0.39, 0.29) is 51.0 Å². The Morgan fingerprint density at radius 2 is 1.70 bits per heavy atom. The van der Waals surface area contributed by atoms with Crippen molar-refractivity contribution in [3.8, 4) is 0 Å². The number of methoxy groups -OCH3 is 1. The topological polar surface area (TPSA) is 60.4 Å². The number of rotatable bonds is 6. The lowest BCUT2D eigenvalue weighted by Gasteiger charge is -2.61. The van der Waals surface area contributed by atoms with Crippen molar-refractivity contribution in [3.05, 3.63) is 23.8 Å². The summed E-state index contributed by atoms with van der Waals surface area (Å²) in [4.78, 5) is 38.8. The zero-order valence-corrected chi connectivity index (χ0v) is 25.5. The molecule has 0 heterocycles. The minimum atomic E-state index is -0.470. The van der Waals surface area contributed by atoms with Crippen molar-refractivity contribution in [1.82, 2.24) is 0 Å². The highest BCUT2D eigenvalue weighted by molar-refractivity contribution is 5.96. The van der Waals surface area contributed by atoms with Crippen LogP contribution in [0.25, 0.3) is 0 Å². The lowest BCUT2D eigenvalue weighted by atomic mass is 9.42. The van der Waals surface area contributed by atoms with Gasteiger partial charge in [-0.1, -0.05) is 74.0 Å². The van der Waals surface area contributed by atoms with Gasteiger partial charge in [0.2, 0.25) is 0 Å². The molecule has 4 heteroatoms. The normalized spacial score (nSPS) is 38.2. The van der Waals surface area contributed by atoms with Crippen LogP contribution in [0.3, 0.4) is 0 Å². The molecular weight excluding hydrogens is 460 g/mol. The van der Waals surface area contributed by atoms with E-state index in [9.17, 15) is 14.4 Å². The minimum absolute atomic E-state index is 0.0520. The van der Waals surface area contributed by atoms with Gasteiger partial charge in [0.15, 0.2) is 11.6 Å². The Balaban J connectivity index is 2.02. The summed E-state index contributed by atoms with van der Waals surface area (Å²) in [5.74, 6) is 0.558. The molecule has 0 N–H and O–H groups in total. The summed E-state index contributed by atoms with van der Waals surface area (Å²) in [5.41, 5.74) is -0.340. The molecule has 0 amide bonds. The Morgan fingerprint density at radius 1 is 1.08 bits per heavy atom. The summed E-state index contributed by atoms with van der Waals surface area (Å²) in [6.45, 7) is 21.8. The van der Waals surface area contributed by atoms with Crippen molar-refractivity contribution in [2.45, 2.75) is 114 Å². The first-order valence-electron chi connectivity index (χ1n) is 14.3. The van der Waals surface area contributed by atoms with Crippen LogP contribution in [0, 0.1) is 44.3 Å². The summed E-state index contributed by atoms with van der Waals surface area (Å²) in [6, 6.07) is 0. The largest absolute Gasteiger partial charge is 0.469 e. The SMILES string of the molecule is COC(=O)[C@]1(CCC(C)(C)[C@]2(C)CC[C@H]3C(C)(C)C(=O)C=C[C@]3(C)/C2=C/C(C)=O)CCC(C)(C)CC1C. The molecule has 0 aromatic heterocycles. The van der Waals surface area contributed by atoms with Crippen LogP contribution in [-0.4, -0.2) is 24.6 Å². The first-order valence-corrected chi connectivity index (χ1v) is 14.3. The van der Waals surface area contributed by atoms with Crippen molar-refractivity contribution in [2.75, 3.05) is 7.11 Å². The molecule has 0 radical (unpaired) electrons. The Bertz CT molecular complexity index is 1010. The Hall–Kier alpha value is -1.71. The van der Waals surface area contributed by atoms with E-state index in [1.165, 1.54) is 7.11 Å². The van der Waals surface area contributed by atoms with E-state index in [0.29, 0.717) is 0 Å². The molecule has 2 fully saturated rings. The molecule has 0 aromatic rings. The number of ketones is 2. The predicted octanol–water partition coefficient (Wildman–Crippen LogP) is 7.90. The monoisotopic (exact) mass is 512 g/mol. The second-order valence-electron chi connectivity index (χ2n) is 15.1. The maximum Gasteiger partial charge on any atom is 0.312 e. The van der Waals surface area contributed by atoms with Gasteiger partial charge in [-0.3, -0.25) is 14.4 Å². The Morgan fingerprint density at radius 3 is 2.24 bits per heavy atom.